The molecule has 6 heteroatoms. The van der Waals surface area contributed by atoms with Gasteiger partial charge in [-0.25, -0.2) is 4.39 Å². The van der Waals surface area contributed by atoms with Crippen molar-refractivity contribution in [1.82, 2.24) is 9.80 Å². The van der Waals surface area contributed by atoms with Gasteiger partial charge < -0.3 is 14.5 Å². The van der Waals surface area contributed by atoms with Crippen LogP contribution in [0.15, 0.2) is 48.5 Å². The maximum absolute atomic E-state index is 13.8. The van der Waals surface area contributed by atoms with Gasteiger partial charge in [0.25, 0.3) is 0 Å². The van der Waals surface area contributed by atoms with Gasteiger partial charge in [0.15, 0.2) is 11.6 Å². The van der Waals surface area contributed by atoms with Gasteiger partial charge in [0, 0.05) is 26.2 Å². The Morgan fingerprint density at radius 3 is 1.96 bits per heavy atom. The molecule has 0 atom stereocenters. The highest BCUT2D eigenvalue weighted by molar-refractivity contribution is 5.81. The highest BCUT2D eigenvalue weighted by Gasteiger charge is 2.24. The van der Waals surface area contributed by atoms with Crippen molar-refractivity contribution in [3.63, 3.8) is 0 Å². The van der Waals surface area contributed by atoms with Gasteiger partial charge in [0.2, 0.25) is 11.8 Å². The molecule has 1 heterocycles. The van der Waals surface area contributed by atoms with Gasteiger partial charge >= 0.3 is 0 Å². The fraction of sp³-hybridized carbons (Fsp3) is 0.333. The highest BCUT2D eigenvalue weighted by atomic mass is 19.1. The van der Waals surface area contributed by atoms with Crippen LogP contribution in [0.5, 0.6) is 5.75 Å². The molecule has 2 aromatic carbocycles. The zero-order valence-corrected chi connectivity index (χ0v) is 15.4. The molecule has 0 N–H and O–H groups in total. The quantitative estimate of drug-likeness (QED) is 0.811. The number of hydrogen-bond acceptors (Lipinski definition) is 3. The normalized spacial score (nSPS) is 14.1. The van der Waals surface area contributed by atoms with Crippen LogP contribution in [0.25, 0.3) is 0 Å². The van der Waals surface area contributed by atoms with Crippen molar-refractivity contribution in [3.8, 4) is 5.75 Å². The summed E-state index contributed by atoms with van der Waals surface area (Å²) in [7, 11) is 1.40. The smallest absolute Gasteiger partial charge is 0.227 e. The van der Waals surface area contributed by atoms with E-state index < -0.39 is 5.82 Å². The largest absolute Gasteiger partial charge is 0.494 e. The summed E-state index contributed by atoms with van der Waals surface area (Å²) in [5.41, 5.74) is 1.60. The van der Waals surface area contributed by atoms with E-state index in [1.807, 2.05) is 30.3 Å². The zero-order valence-electron chi connectivity index (χ0n) is 15.4. The Labute approximate surface area is 158 Å². The van der Waals surface area contributed by atoms with E-state index in [1.165, 1.54) is 19.2 Å². The molecule has 2 amide bonds. The van der Waals surface area contributed by atoms with E-state index in [9.17, 15) is 14.0 Å². The molecule has 1 aliphatic heterocycles. The fourth-order valence-electron chi connectivity index (χ4n) is 3.19. The van der Waals surface area contributed by atoms with E-state index in [2.05, 4.69) is 0 Å². The van der Waals surface area contributed by atoms with Gasteiger partial charge in [-0.15, -0.1) is 0 Å². The summed E-state index contributed by atoms with van der Waals surface area (Å²) < 4.78 is 18.7. The summed E-state index contributed by atoms with van der Waals surface area (Å²) in [5.74, 6) is -0.295. The van der Waals surface area contributed by atoms with Crippen LogP contribution in [0.1, 0.15) is 11.1 Å². The van der Waals surface area contributed by atoms with Crippen molar-refractivity contribution in [2.75, 3.05) is 33.3 Å². The molecule has 0 spiro atoms. The molecule has 1 saturated heterocycles. The molecule has 0 aromatic heterocycles. The van der Waals surface area contributed by atoms with E-state index in [-0.39, 0.29) is 24.0 Å². The summed E-state index contributed by atoms with van der Waals surface area (Å²) in [6.45, 7) is 2.04. The Morgan fingerprint density at radius 2 is 1.44 bits per heavy atom. The first-order valence-corrected chi connectivity index (χ1v) is 8.98. The molecule has 1 aliphatic rings. The molecule has 0 radical (unpaired) electrons. The highest BCUT2D eigenvalue weighted by Crippen LogP contribution is 2.18. The molecule has 1 fully saturated rings. The number of ether oxygens (including phenoxy) is 1. The minimum atomic E-state index is -0.473. The number of methoxy groups -OCH3 is 1. The van der Waals surface area contributed by atoms with E-state index in [4.69, 9.17) is 4.74 Å². The van der Waals surface area contributed by atoms with Crippen LogP contribution >= 0.6 is 0 Å². The second-order valence-corrected chi connectivity index (χ2v) is 6.57. The molecular formula is C21H23FN2O3. The molecule has 0 bridgehead atoms. The first kappa shape index (κ1) is 18.9. The van der Waals surface area contributed by atoms with Crippen molar-refractivity contribution < 1.29 is 18.7 Å². The average Bonchev–Trinajstić information content (AvgIpc) is 2.69. The zero-order chi connectivity index (χ0) is 19.2. The van der Waals surface area contributed by atoms with E-state index in [0.29, 0.717) is 38.2 Å². The van der Waals surface area contributed by atoms with Crippen LogP contribution < -0.4 is 4.74 Å². The first-order chi connectivity index (χ1) is 13.1. The number of piperazine rings is 1. The molecule has 0 saturated carbocycles. The van der Waals surface area contributed by atoms with Gasteiger partial charge in [-0.3, -0.25) is 9.59 Å². The van der Waals surface area contributed by atoms with Gasteiger partial charge in [0.05, 0.1) is 20.0 Å². The van der Waals surface area contributed by atoms with E-state index in [0.717, 1.165) is 5.56 Å². The summed E-state index contributed by atoms with van der Waals surface area (Å²) in [5, 5.41) is 0. The molecule has 2 aromatic rings. The Morgan fingerprint density at radius 1 is 0.889 bits per heavy atom. The average molecular weight is 370 g/mol. The second-order valence-electron chi connectivity index (χ2n) is 6.57. The lowest BCUT2D eigenvalue weighted by atomic mass is 10.1. The Kier molecular flexibility index (Phi) is 6.06. The third-order valence-electron chi connectivity index (χ3n) is 4.75. The number of nitrogens with zero attached hydrogens (tertiary/aromatic N) is 2. The van der Waals surface area contributed by atoms with Crippen molar-refractivity contribution in [3.05, 3.63) is 65.5 Å². The first-order valence-electron chi connectivity index (χ1n) is 8.98. The maximum atomic E-state index is 13.8. The second kappa shape index (κ2) is 8.66. The number of amides is 2. The van der Waals surface area contributed by atoms with Crippen LogP contribution in [-0.4, -0.2) is 54.9 Å². The number of benzene rings is 2. The monoisotopic (exact) mass is 370 g/mol. The number of halogens is 1. The fourth-order valence-corrected chi connectivity index (χ4v) is 3.19. The van der Waals surface area contributed by atoms with Crippen molar-refractivity contribution in [2.24, 2.45) is 0 Å². The maximum Gasteiger partial charge on any atom is 0.227 e. The number of carbonyl (C=O) groups is 2. The molecule has 27 heavy (non-hydrogen) atoms. The SMILES string of the molecule is COc1ccc(CC(=O)N2CCN(C(=O)Cc3ccccc3)CC2)cc1F. The molecule has 0 unspecified atom stereocenters. The molecule has 0 aliphatic carbocycles. The third-order valence-corrected chi connectivity index (χ3v) is 4.75. The summed E-state index contributed by atoms with van der Waals surface area (Å²) >= 11 is 0. The summed E-state index contributed by atoms with van der Waals surface area (Å²) in [6, 6.07) is 14.2. The van der Waals surface area contributed by atoms with E-state index in [1.54, 1.807) is 15.9 Å². The predicted octanol–water partition coefficient (Wildman–Crippen LogP) is 2.29. The van der Waals surface area contributed by atoms with Gasteiger partial charge in [-0.1, -0.05) is 36.4 Å². The molecule has 5 nitrogen and oxygen atoms in total. The molecular weight excluding hydrogens is 347 g/mol. The topological polar surface area (TPSA) is 49.9 Å². The lowest BCUT2D eigenvalue weighted by Gasteiger charge is -2.35. The minimum Gasteiger partial charge on any atom is -0.494 e. The Balaban J connectivity index is 1.50. The minimum absolute atomic E-state index is 0.0604. The van der Waals surface area contributed by atoms with Crippen LogP contribution in [0, 0.1) is 5.82 Å². The van der Waals surface area contributed by atoms with Gasteiger partial charge in [-0.05, 0) is 23.3 Å². The lowest BCUT2D eigenvalue weighted by Crippen LogP contribution is -2.51. The summed E-state index contributed by atoms with van der Waals surface area (Å²) in [4.78, 5) is 28.4. The van der Waals surface area contributed by atoms with Gasteiger partial charge in [0.1, 0.15) is 0 Å². The standard InChI is InChI=1S/C21H23FN2O3/c1-27-19-8-7-17(13-18(19)22)15-21(26)24-11-9-23(10-12-24)20(25)14-16-5-3-2-4-6-16/h2-8,13H,9-12,14-15H2,1H3. The predicted molar refractivity (Wildman–Crippen MR) is 100.0 cm³/mol. The number of hydrogen-bond donors (Lipinski definition) is 0. The van der Waals surface area contributed by atoms with Crippen LogP contribution in [0.4, 0.5) is 4.39 Å². The Hall–Kier alpha value is -2.89. The third kappa shape index (κ3) is 4.84. The van der Waals surface area contributed by atoms with Crippen LogP contribution in [-0.2, 0) is 22.4 Å². The van der Waals surface area contributed by atoms with Crippen LogP contribution in [0.2, 0.25) is 0 Å². The van der Waals surface area contributed by atoms with Gasteiger partial charge in [-0.2, -0.15) is 0 Å². The van der Waals surface area contributed by atoms with Crippen molar-refractivity contribution in [1.29, 1.82) is 0 Å². The Bertz CT molecular complexity index is 802. The summed E-state index contributed by atoms with van der Waals surface area (Å²) in [6.07, 6.45) is 0.513. The van der Waals surface area contributed by atoms with E-state index >= 15 is 0 Å². The number of carbonyl (C=O) groups excluding carboxylic acids is 2. The molecule has 142 valence electrons. The lowest BCUT2D eigenvalue weighted by molar-refractivity contribution is -0.138. The number of rotatable bonds is 5. The molecule has 3 rings (SSSR count). The van der Waals surface area contributed by atoms with Crippen molar-refractivity contribution >= 4 is 11.8 Å². The van der Waals surface area contributed by atoms with Crippen LogP contribution in [0.3, 0.4) is 0 Å². The van der Waals surface area contributed by atoms with Crippen molar-refractivity contribution in [2.45, 2.75) is 12.8 Å².